The van der Waals surface area contributed by atoms with Gasteiger partial charge in [-0.2, -0.15) is 0 Å². The van der Waals surface area contributed by atoms with Gasteiger partial charge in [-0.05, 0) is 97.1 Å². The molecule has 0 amide bonds. The number of carboxylic acid groups (broad SMARTS) is 2. The van der Waals surface area contributed by atoms with Crippen molar-refractivity contribution in [1.29, 1.82) is 0 Å². The standard InChI is InChI=1S/C18H40N2.2C18H34O2/c1-3-4-5-6-7-8-9-10-11-12-13-15-18(2)20-17-14-16-19;2*1-2-3-4-5-6-7-8-9-10-11-12-13-14-15-16-17-18(19)20/h18,20H,3-17,19H2,1-2H3;2*9-10H,2-8,11-17H2,1H3,(H,19,20)/b;2*10-9-. The van der Waals surface area contributed by atoms with Crippen LogP contribution in [0.4, 0.5) is 0 Å². The van der Waals surface area contributed by atoms with E-state index in [2.05, 4.69) is 57.3 Å². The van der Waals surface area contributed by atoms with Gasteiger partial charge in [-0.1, -0.05) is 218 Å². The maximum Gasteiger partial charge on any atom is 0.303 e. The minimum Gasteiger partial charge on any atom is -0.481 e. The third kappa shape index (κ3) is 68.1. The SMILES string of the molecule is CCCCCCCC/C=C\CCCCCCCC(=O)O.CCCCCCCC/C=C\CCCCCCCC(=O)O.CCCCCCCCCCCCCC(C)NCCCN. The van der Waals surface area contributed by atoms with Crippen LogP contribution in [0.15, 0.2) is 24.3 Å². The minimum atomic E-state index is -0.664. The molecule has 0 aromatic rings. The smallest absolute Gasteiger partial charge is 0.303 e. The number of allylic oxidation sites excluding steroid dienone is 4. The van der Waals surface area contributed by atoms with Gasteiger partial charge in [0.05, 0.1) is 0 Å². The fraction of sp³-hybridized carbons (Fsp3) is 0.889. The van der Waals surface area contributed by atoms with Crippen LogP contribution in [0.1, 0.15) is 291 Å². The van der Waals surface area contributed by atoms with Gasteiger partial charge in [-0.15, -0.1) is 0 Å². The maximum atomic E-state index is 10.3. The molecule has 0 aromatic carbocycles. The van der Waals surface area contributed by atoms with Gasteiger partial charge in [0.25, 0.3) is 0 Å². The fourth-order valence-corrected chi connectivity index (χ4v) is 7.36. The van der Waals surface area contributed by atoms with Gasteiger partial charge in [0.15, 0.2) is 0 Å². The largest absolute Gasteiger partial charge is 0.481 e. The lowest BCUT2D eigenvalue weighted by Gasteiger charge is -2.13. The Hall–Kier alpha value is -1.66. The quantitative estimate of drug-likeness (QED) is 0.0358. The molecule has 0 rings (SSSR count). The molecule has 0 aliphatic heterocycles. The van der Waals surface area contributed by atoms with Crippen molar-refractivity contribution < 1.29 is 19.8 Å². The zero-order valence-electron chi connectivity index (χ0n) is 41.1. The van der Waals surface area contributed by atoms with Crippen LogP contribution in [0.5, 0.6) is 0 Å². The van der Waals surface area contributed by atoms with Gasteiger partial charge in [0.2, 0.25) is 0 Å². The van der Waals surface area contributed by atoms with Crippen molar-refractivity contribution in [2.45, 2.75) is 297 Å². The molecule has 6 nitrogen and oxygen atoms in total. The second-order valence-corrected chi connectivity index (χ2v) is 17.8. The number of rotatable bonds is 46. The zero-order chi connectivity index (χ0) is 44.7. The Kier molecular flexibility index (Phi) is 62.0. The number of nitrogens with two attached hydrogens (primary N) is 1. The Morgan fingerprint density at radius 2 is 0.683 bits per heavy atom. The van der Waals surface area contributed by atoms with E-state index in [9.17, 15) is 9.59 Å². The molecule has 0 radical (unpaired) electrons. The van der Waals surface area contributed by atoms with E-state index in [1.165, 1.54) is 218 Å². The Balaban J connectivity index is -0.000000812. The molecule has 1 atom stereocenters. The summed E-state index contributed by atoms with van der Waals surface area (Å²) in [5, 5.41) is 20.6. The highest BCUT2D eigenvalue weighted by molar-refractivity contribution is 5.66. The number of nitrogens with one attached hydrogen (secondary N) is 1. The van der Waals surface area contributed by atoms with E-state index < -0.39 is 11.9 Å². The van der Waals surface area contributed by atoms with Gasteiger partial charge >= 0.3 is 11.9 Å². The first-order valence-corrected chi connectivity index (χ1v) is 26.5. The molecule has 0 aliphatic rings. The van der Waals surface area contributed by atoms with Crippen LogP contribution >= 0.6 is 0 Å². The average molecular weight is 849 g/mol. The summed E-state index contributed by atoms with van der Waals surface area (Å²) >= 11 is 0. The van der Waals surface area contributed by atoms with E-state index in [4.69, 9.17) is 15.9 Å². The number of carboxylic acids is 2. The van der Waals surface area contributed by atoms with Crippen molar-refractivity contribution in [2.24, 2.45) is 5.73 Å². The molecule has 5 N–H and O–H groups in total. The van der Waals surface area contributed by atoms with Gasteiger partial charge in [-0.3, -0.25) is 9.59 Å². The first-order valence-electron chi connectivity index (χ1n) is 26.5. The van der Waals surface area contributed by atoms with E-state index in [1.807, 2.05) is 0 Å². The van der Waals surface area contributed by atoms with E-state index in [0.717, 1.165) is 45.2 Å². The molecule has 0 saturated heterocycles. The summed E-state index contributed by atoms with van der Waals surface area (Å²) in [7, 11) is 0. The third-order valence-corrected chi connectivity index (χ3v) is 11.4. The predicted molar refractivity (Wildman–Crippen MR) is 266 cm³/mol. The Morgan fingerprint density at radius 1 is 0.417 bits per heavy atom. The molecule has 0 saturated carbocycles. The van der Waals surface area contributed by atoms with Crippen molar-refractivity contribution in [3.63, 3.8) is 0 Å². The Bertz CT molecular complexity index is 811. The van der Waals surface area contributed by atoms with Crippen LogP contribution < -0.4 is 11.1 Å². The molecule has 0 aliphatic carbocycles. The van der Waals surface area contributed by atoms with Crippen LogP contribution in [0.2, 0.25) is 0 Å². The molecular weight excluding hydrogens is 741 g/mol. The lowest BCUT2D eigenvalue weighted by Crippen LogP contribution is -2.28. The lowest BCUT2D eigenvalue weighted by molar-refractivity contribution is -0.138. The van der Waals surface area contributed by atoms with Crippen molar-refractivity contribution in [1.82, 2.24) is 5.32 Å². The molecule has 1 unspecified atom stereocenters. The van der Waals surface area contributed by atoms with Crippen molar-refractivity contribution in [3.8, 4) is 0 Å². The van der Waals surface area contributed by atoms with Crippen LogP contribution in [0.25, 0.3) is 0 Å². The van der Waals surface area contributed by atoms with Gasteiger partial charge in [-0.25, -0.2) is 0 Å². The molecule has 0 spiro atoms. The van der Waals surface area contributed by atoms with Crippen LogP contribution in [-0.2, 0) is 9.59 Å². The Morgan fingerprint density at radius 3 is 0.967 bits per heavy atom. The normalized spacial score (nSPS) is 11.8. The molecular formula is C54H108N2O4. The molecule has 0 bridgehead atoms. The van der Waals surface area contributed by atoms with Crippen LogP contribution in [0.3, 0.4) is 0 Å². The molecule has 0 heterocycles. The minimum absolute atomic E-state index is 0.332. The summed E-state index contributed by atoms with van der Waals surface area (Å²) in [6.45, 7) is 11.0. The second kappa shape index (κ2) is 59.4. The number of hydrogen-bond donors (Lipinski definition) is 4. The van der Waals surface area contributed by atoms with Crippen LogP contribution in [-0.4, -0.2) is 41.3 Å². The Labute approximate surface area is 376 Å². The first-order chi connectivity index (χ1) is 29.3. The van der Waals surface area contributed by atoms with E-state index in [-0.39, 0.29) is 0 Å². The molecule has 0 aromatic heterocycles. The highest BCUT2D eigenvalue weighted by Crippen LogP contribution is 2.14. The van der Waals surface area contributed by atoms with E-state index >= 15 is 0 Å². The van der Waals surface area contributed by atoms with Crippen molar-refractivity contribution >= 4 is 11.9 Å². The number of hydrogen-bond acceptors (Lipinski definition) is 4. The van der Waals surface area contributed by atoms with Gasteiger partial charge < -0.3 is 21.3 Å². The van der Waals surface area contributed by atoms with Gasteiger partial charge in [0, 0.05) is 18.9 Å². The van der Waals surface area contributed by atoms with Crippen LogP contribution in [0, 0.1) is 0 Å². The van der Waals surface area contributed by atoms with Crippen molar-refractivity contribution in [3.05, 3.63) is 24.3 Å². The number of unbranched alkanes of at least 4 members (excludes halogenated alkanes) is 32. The molecule has 60 heavy (non-hydrogen) atoms. The maximum absolute atomic E-state index is 10.3. The monoisotopic (exact) mass is 849 g/mol. The highest BCUT2D eigenvalue weighted by atomic mass is 16.4. The van der Waals surface area contributed by atoms with Gasteiger partial charge in [0.1, 0.15) is 0 Å². The average Bonchev–Trinajstić information content (AvgIpc) is 3.23. The predicted octanol–water partition coefficient (Wildman–Crippen LogP) is 17.2. The summed E-state index contributed by atoms with van der Waals surface area (Å²) in [5.74, 6) is -1.33. The summed E-state index contributed by atoms with van der Waals surface area (Å²) < 4.78 is 0. The summed E-state index contributed by atoms with van der Waals surface area (Å²) in [6, 6.07) is 0.667. The van der Waals surface area contributed by atoms with Crippen molar-refractivity contribution in [2.75, 3.05) is 13.1 Å². The van der Waals surface area contributed by atoms with E-state index in [1.54, 1.807) is 0 Å². The highest BCUT2D eigenvalue weighted by Gasteiger charge is 2.01. The number of carbonyl (C=O) groups is 2. The molecule has 0 fully saturated rings. The summed E-state index contributed by atoms with van der Waals surface area (Å²) in [5.41, 5.74) is 5.49. The van der Waals surface area contributed by atoms with E-state index in [0.29, 0.717) is 18.9 Å². The lowest BCUT2D eigenvalue weighted by atomic mass is 10.0. The third-order valence-electron chi connectivity index (χ3n) is 11.4. The fourth-order valence-electron chi connectivity index (χ4n) is 7.36. The molecule has 6 heteroatoms. The second-order valence-electron chi connectivity index (χ2n) is 17.8. The zero-order valence-corrected chi connectivity index (χ0v) is 41.1. The number of aliphatic carboxylic acids is 2. The molecule has 358 valence electrons. The topological polar surface area (TPSA) is 113 Å². The summed E-state index contributed by atoms with van der Waals surface area (Å²) in [6.07, 6.45) is 60.7. The first kappa shape index (κ1) is 62.6. The summed E-state index contributed by atoms with van der Waals surface area (Å²) in [4.78, 5) is 20.6.